The molecule has 0 radical (unpaired) electrons. The van der Waals surface area contributed by atoms with E-state index >= 15 is 0 Å². The monoisotopic (exact) mass is 312 g/mol. The van der Waals surface area contributed by atoms with Crippen LogP contribution >= 0.6 is 0 Å². The Morgan fingerprint density at radius 2 is 1.61 bits per heavy atom. The van der Waals surface area contributed by atoms with Crippen molar-refractivity contribution < 1.29 is 14.3 Å². The van der Waals surface area contributed by atoms with E-state index in [-0.39, 0.29) is 11.8 Å². The summed E-state index contributed by atoms with van der Waals surface area (Å²) in [4.78, 5) is 23.5. The Morgan fingerprint density at radius 1 is 1.00 bits per heavy atom. The molecule has 23 heavy (non-hydrogen) atoms. The van der Waals surface area contributed by atoms with Crippen molar-refractivity contribution in [2.75, 3.05) is 17.7 Å². The van der Waals surface area contributed by atoms with Crippen molar-refractivity contribution in [1.82, 2.24) is 0 Å². The van der Waals surface area contributed by atoms with Gasteiger partial charge in [-0.25, -0.2) is 0 Å². The van der Waals surface area contributed by atoms with Gasteiger partial charge in [0.1, 0.15) is 5.75 Å². The van der Waals surface area contributed by atoms with E-state index < -0.39 is 0 Å². The van der Waals surface area contributed by atoms with Gasteiger partial charge in [0.15, 0.2) is 0 Å². The lowest BCUT2D eigenvalue weighted by Crippen LogP contribution is -2.13. The van der Waals surface area contributed by atoms with Crippen LogP contribution in [0.25, 0.3) is 0 Å². The van der Waals surface area contributed by atoms with Gasteiger partial charge in [-0.3, -0.25) is 9.59 Å². The predicted octanol–water partition coefficient (Wildman–Crippen LogP) is 3.47. The van der Waals surface area contributed by atoms with E-state index in [0.29, 0.717) is 22.7 Å². The van der Waals surface area contributed by atoms with Crippen molar-refractivity contribution in [3.63, 3.8) is 0 Å². The number of methoxy groups -OCH3 is 1. The summed E-state index contributed by atoms with van der Waals surface area (Å²) in [5.41, 5.74) is 2.89. The van der Waals surface area contributed by atoms with Crippen molar-refractivity contribution in [1.29, 1.82) is 0 Å². The summed E-state index contributed by atoms with van der Waals surface area (Å²) in [6.07, 6.45) is 0.843. The summed E-state index contributed by atoms with van der Waals surface area (Å²) < 4.78 is 5.26. The second-order valence-corrected chi connectivity index (χ2v) is 5.10. The first-order chi connectivity index (χ1) is 11.0. The number of ether oxygens (including phenoxy) is 1. The molecule has 0 saturated carbocycles. The normalized spacial score (nSPS) is 10.0. The molecule has 5 nitrogen and oxygen atoms in total. The zero-order valence-electron chi connectivity index (χ0n) is 13.5. The molecule has 0 fully saturated rings. The highest BCUT2D eigenvalue weighted by atomic mass is 16.5. The van der Waals surface area contributed by atoms with Gasteiger partial charge in [-0.05, 0) is 48.4 Å². The van der Waals surface area contributed by atoms with Gasteiger partial charge in [0.25, 0.3) is 5.91 Å². The molecule has 120 valence electrons. The Bertz CT molecular complexity index is 709. The van der Waals surface area contributed by atoms with E-state index in [0.717, 1.165) is 12.0 Å². The van der Waals surface area contributed by atoms with Crippen LogP contribution in [0.4, 0.5) is 11.4 Å². The molecule has 2 aromatic rings. The van der Waals surface area contributed by atoms with Crippen molar-refractivity contribution in [2.24, 2.45) is 0 Å². The second kappa shape index (κ2) is 7.45. The molecule has 2 rings (SSSR count). The zero-order valence-corrected chi connectivity index (χ0v) is 13.5. The third kappa shape index (κ3) is 4.32. The molecule has 0 saturated heterocycles. The summed E-state index contributed by atoms with van der Waals surface area (Å²) in [6, 6.07) is 12.5. The first-order valence-corrected chi connectivity index (χ1v) is 7.39. The van der Waals surface area contributed by atoms with E-state index in [1.54, 1.807) is 37.4 Å². The third-order valence-corrected chi connectivity index (χ3v) is 3.38. The largest absolute Gasteiger partial charge is 0.496 e. The average molecular weight is 312 g/mol. The van der Waals surface area contributed by atoms with Crippen LogP contribution in [0.1, 0.15) is 29.8 Å². The Kier molecular flexibility index (Phi) is 5.36. The lowest BCUT2D eigenvalue weighted by atomic mass is 10.1. The number of aryl methyl sites for hydroxylation is 1. The zero-order chi connectivity index (χ0) is 16.8. The minimum absolute atomic E-state index is 0.136. The van der Waals surface area contributed by atoms with Crippen LogP contribution in [0.5, 0.6) is 5.75 Å². The van der Waals surface area contributed by atoms with E-state index in [1.807, 2.05) is 19.1 Å². The summed E-state index contributed by atoms with van der Waals surface area (Å²) in [7, 11) is 1.54. The maximum Gasteiger partial charge on any atom is 0.259 e. The minimum Gasteiger partial charge on any atom is -0.496 e. The highest BCUT2D eigenvalue weighted by molar-refractivity contribution is 6.06. The molecular formula is C18H20N2O3. The van der Waals surface area contributed by atoms with Gasteiger partial charge < -0.3 is 15.4 Å². The Balaban J connectivity index is 2.17. The van der Waals surface area contributed by atoms with Gasteiger partial charge in [0.05, 0.1) is 12.7 Å². The van der Waals surface area contributed by atoms with Crippen LogP contribution in [-0.4, -0.2) is 18.9 Å². The maximum atomic E-state index is 12.5. The Morgan fingerprint density at radius 3 is 2.13 bits per heavy atom. The number of benzene rings is 2. The van der Waals surface area contributed by atoms with Crippen LogP contribution in [0.3, 0.4) is 0 Å². The molecule has 0 aliphatic heterocycles. The lowest BCUT2D eigenvalue weighted by molar-refractivity contribution is -0.114. The predicted molar refractivity (Wildman–Crippen MR) is 91.1 cm³/mol. The molecule has 0 heterocycles. The van der Waals surface area contributed by atoms with Gasteiger partial charge in [0.2, 0.25) is 5.91 Å². The topological polar surface area (TPSA) is 67.4 Å². The van der Waals surface area contributed by atoms with Crippen LogP contribution in [0, 0.1) is 0 Å². The third-order valence-electron chi connectivity index (χ3n) is 3.38. The van der Waals surface area contributed by atoms with Gasteiger partial charge in [-0.1, -0.05) is 13.0 Å². The molecule has 0 aliphatic rings. The van der Waals surface area contributed by atoms with Gasteiger partial charge >= 0.3 is 0 Å². The summed E-state index contributed by atoms with van der Waals surface area (Å²) in [5.74, 6) is 0.168. The van der Waals surface area contributed by atoms with Crippen molar-refractivity contribution >= 4 is 23.2 Å². The summed E-state index contributed by atoms with van der Waals surface area (Å²) in [5, 5.41) is 5.51. The number of anilines is 2. The molecule has 0 aliphatic carbocycles. The fourth-order valence-corrected chi connectivity index (χ4v) is 2.19. The molecule has 2 N–H and O–H groups in total. The van der Waals surface area contributed by atoms with E-state index in [2.05, 4.69) is 10.6 Å². The standard InChI is InChI=1S/C18H20N2O3/c1-4-13-5-10-17(23-3)16(11-13)18(22)20-15-8-6-14(7-9-15)19-12(2)21/h5-11H,4H2,1-3H3,(H,19,21)(H,20,22). The number of nitrogens with one attached hydrogen (secondary N) is 2. The lowest BCUT2D eigenvalue weighted by Gasteiger charge is -2.11. The molecule has 0 aromatic heterocycles. The number of carbonyl (C=O) groups is 2. The van der Waals surface area contributed by atoms with E-state index in [4.69, 9.17) is 4.74 Å². The number of rotatable bonds is 5. The minimum atomic E-state index is -0.232. The molecule has 0 unspecified atom stereocenters. The van der Waals surface area contributed by atoms with Gasteiger partial charge in [0, 0.05) is 18.3 Å². The molecule has 2 aromatic carbocycles. The molecule has 0 bridgehead atoms. The molecule has 2 amide bonds. The first kappa shape index (κ1) is 16.5. The van der Waals surface area contributed by atoms with Crippen molar-refractivity contribution in [3.05, 3.63) is 53.6 Å². The van der Waals surface area contributed by atoms with Crippen LogP contribution < -0.4 is 15.4 Å². The van der Waals surface area contributed by atoms with Gasteiger partial charge in [-0.15, -0.1) is 0 Å². The molecular weight excluding hydrogens is 292 g/mol. The number of amides is 2. The maximum absolute atomic E-state index is 12.5. The average Bonchev–Trinajstić information content (AvgIpc) is 2.55. The first-order valence-electron chi connectivity index (χ1n) is 7.39. The molecule has 0 atom stereocenters. The van der Waals surface area contributed by atoms with E-state index in [1.165, 1.54) is 6.92 Å². The second-order valence-electron chi connectivity index (χ2n) is 5.10. The number of carbonyl (C=O) groups excluding carboxylic acids is 2. The highest BCUT2D eigenvalue weighted by Crippen LogP contribution is 2.22. The Hall–Kier alpha value is -2.82. The Labute approximate surface area is 135 Å². The highest BCUT2D eigenvalue weighted by Gasteiger charge is 2.13. The molecule has 0 spiro atoms. The van der Waals surface area contributed by atoms with Crippen LogP contribution in [0.2, 0.25) is 0 Å². The number of hydrogen-bond donors (Lipinski definition) is 2. The molecule has 5 heteroatoms. The summed E-state index contributed by atoms with van der Waals surface area (Å²) in [6.45, 7) is 3.48. The fourth-order valence-electron chi connectivity index (χ4n) is 2.19. The smallest absolute Gasteiger partial charge is 0.259 e. The fraction of sp³-hybridized carbons (Fsp3) is 0.222. The SMILES string of the molecule is CCc1ccc(OC)c(C(=O)Nc2ccc(NC(C)=O)cc2)c1. The van der Waals surface area contributed by atoms with E-state index in [9.17, 15) is 9.59 Å². The quantitative estimate of drug-likeness (QED) is 0.888. The number of hydrogen-bond acceptors (Lipinski definition) is 3. The van der Waals surface area contributed by atoms with Crippen LogP contribution in [-0.2, 0) is 11.2 Å². The van der Waals surface area contributed by atoms with Crippen molar-refractivity contribution in [2.45, 2.75) is 20.3 Å². The van der Waals surface area contributed by atoms with Crippen molar-refractivity contribution in [3.8, 4) is 5.75 Å². The van der Waals surface area contributed by atoms with Crippen LogP contribution in [0.15, 0.2) is 42.5 Å². The summed E-state index contributed by atoms with van der Waals surface area (Å²) >= 11 is 0. The van der Waals surface area contributed by atoms with Gasteiger partial charge in [-0.2, -0.15) is 0 Å².